The second kappa shape index (κ2) is 6.88. The van der Waals surface area contributed by atoms with Crippen molar-refractivity contribution in [3.8, 4) is 0 Å². The van der Waals surface area contributed by atoms with Crippen LogP contribution in [0, 0.1) is 0 Å². The molecule has 1 saturated heterocycles. The maximum Gasteiger partial charge on any atom is 0.0628 e. The number of aliphatic hydroxyl groups excluding tert-OH is 1. The van der Waals surface area contributed by atoms with Gasteiger partial charge >= 0.3 is 0 Å². The lowest BCUT2D eigenvalue weighted by molar-refractivity contribution is 0.0952. The number of hydrogen-bond acceptors (Lipinski definition) is 2. The third-order valence-corrected chi connectivity index (χ3v) is 4.52. The average molecular weight is 281 g/mol. The number of benzene rings is 2. The SMILES string of the molecule is OC[C@@H](c1ccccc1)N1CCC[C@H](c2ccccc2)C1. The summed E-state index contributed by atoms with van der Waals surface area (Å²) in [5.41, 5.74) is 2.64. The largest absolute Gasteiger partial charge is 0.394 e. The van der Waals surface area contributed by atoms with Crippen molar-refractivity contribution in [1.82, 2.24) is 4.90 Å². The van der Waals surface area contributed by atoms with Crippen LogP contribution in [-0.2, 0) is 0 Å². The molecule has 1 heterocycles. The molecule has 2 nitrogen and oxygen atoms in total. The molecule has 3 rings (SSSR count). The molecule has 0 spiro atoms. The molecule has 0 aromatic heterocycles. The predicted molar refractivity (Wildman–Crippen MR) is 86.3 cm³/mol. The third kappa shape index (κ3) is 3.34. The Hall–Kier alpha value is -1.64. The van der Waals surface area contributed by atoms with Crippen molar-refractivity contribution in [1.29, 1.82) is 0 Å². The van der Waals surface area contributed by atoms with Gasteiger partial charge in [0.1, 0.15) is 0 Å². The summed E-state index contributed by atoms with van der Waals surface area (Å²) in [6.07, 6.45) is 2.44. The maximum absolute atomic E-state index is 9.85. The number of rotatable bonds is 4. The monoisotopic (exact) mass is 281 g/mol. The Morgan fingerprint density at radius 1 is 1.00 bits per heavy atom. The highest BCUT2D eigenvalue weighted by molar-refractivity contribution is 5.22. The quantitative estimate of drug-likeness (QED) is 0.925. The van der Waals surface area contributed by atoms with E-state index in [9.17, 15) is 5.11 Å². The fraction of sp³-hybridized carbons (Fsp3) is 0.368. The van der Waals surface area contributed by atoms with E-state index in [1.165, 1.54) is 24.0 Å². The standard InChI is InChI=1S/C19H23NO/c21-15-19(17-10-5-2-6-11-17)20-13-7-12-18(14-20)16-8-3-1-4-9-16/h1-6,8-11,18-19,21H,7,12-15H2/t18-,19-/m0/s1. The van der Waals surface area contributed by atoms with Crippen LogP contribution >= 0.6 is 0 Å². The second-order valence-electron chi connectivity index (χ2n) is 5.85. The van der Waals surface area contributed by atoms with Crippen molar-refractivity contribution < 1.29 is 5.11 Å². The first-order valence-electron chi connectivity index (χ1n) is 7.83. The lowest BCUT2D eigenvalue weighted by Crippen LogP contribution is -2.38. The van der Waals surface area contributed by atoms with E-state index < -0.39 is 0 Å². The second-order valence-corrected chi connectivity index (χ2v) is 5.85. The lowest BCUT2D eigenvalue weighted by Gasteiger charge is -2.38. The molecule has 0 aliphatic carbocycles. The zero-order chi connectivity index (χ0) is 14.5. The minimum atomic E-state index is 0.123. The van der Waals surface area contributed by atoms with Gasteiger partial charge in [0, 0.05) is 6.54 Å². The van der Waals surface area contributed by atoms with Crippen molar-refractivity contribution in [2.45, 2.75) is 24.8 Å². The molecular weight excluding hydrogens is 258 g/mol. The smallest absolute Gasteiger partial charge is 0.0628 e. The Labute approximate surface area is 127 Å². The maximum atomic E-state index is 9.85. The van der Waals surface area contributed by atoms with E-state index >= 15 is 0 Å². The van der Waals surface area contributed by atoms with Crippen LogP contribution in [0.2, 0.25) is 0 Å². The van der Waals surface area contributed by atoms with Crippen molar-refractivity contribution in [2.75, 3.05) is 19.7 Å². The molecule has 0 radical (unpaired) electrons. The molecular formula is C19H23NO. The summed E-state index contributed by atoms with van der Waals surface area (Å²) in [4.78, 5) is 2.44. The zero-order valence-electron chi connectivity index (χ0n) is 12.4. The topological polar surface area (TPSA) is 23.5 Å². The van der Waals surface area contributed by atoms with Gasteiger partial charge in [-0.3, -0.25) is 4.90 Å². The first kappa shape index (κ1) is 14.3. The van der Waals surface area contributed by atoms with E-state index in [1.54, 1.807) is 0 Å². The van der Waals surface area contributed by atoms with Crippen molar-refractivity contribution in [2.24, 2.45) is 0 Å². The van der Waals surface area contributed by atoms with Crippen LogP contribution < -0.4 is 0 Å². The van der Waals surface area contributed by atoms with Crippen molar-refractivity contribution in [3.05, 3.63) is 71.8 Å². The Kier molecular flexibility index (Phi) is 4.69. The predicted octanol–water partition coefficient (Wildman–Crippen LogP) is 3.60. The van der Waals surface area contributed by atoms with Gasteiger partial charge in [-0.1, -0.05) is 60.7 Å². The Bertz CT molecular complexity index is 540. The number of nitrogens with zero attached hydrogens (tertiary/aromatic N) is 1. The van der Waals surface area contributed by atoms with Crippen LogP contribution in [0.15, 0.2) is 60.7 Å². The molecule has 2 atom stereocenters. The molecule has 1 fully saturated rings. The van der Waals surface area contributed by atoms with E-state index in [0.717, 1.165) is 13.1 Å². The van der Waals surface area contributed by atoms with Crippen LogP contribution in [0.4, 0.5) is 0 Å². The summed E-state index contributed by atoms with van der Waals surface area (Å²) in [6, 6.07) is 21.3. The number of aliphatic hydroxyl groups is 1. The third-order valence-electron chi connectivity index (χ3n) is 4.52. The summed E-state index contributed by atoms with van der Waals surface area (Å²) in [5, 5.41) is 9.85. The zero-order valence-corrected chi connectivity index (χ0v) is 12.4. The minimum absolute atomic E-state index is 0.123. The number of likely N-dealkylation sites (tertiary alicyclic amines) is 1. The van der Waals surface area contributed by atoms with Gasteiger partial charge in [-0.15, -0.1) is 0 Å². The summed E-state index contributed by atoms with van der Waals surface area (Å²) < 4.78 is 0. The summed E-state index contributed by atoms with van der Waals surface area (Å²) in [7, 11) is 0. The van der Waals surface area contributed by atoms with E-state index in [1.807, 2.05) is 6.07 Å². The lowest BCUT2D eigenvalue weighted by atomic mass is 9.89. The first-order valence-corrected chi connectivity index (χ1v) is 7.83. The molecule has 110 valence electrons. The average Bonchev–Trinajstić information content (AvgIpc) is 2.58. The van der Waals surface area contributed by atoms with E-state index in [4.69, 9.17) is 0 Å². The first-order chi connectivity index (χ1) is 10.4. The Morgan fingerprint density at radius 2 is 1.67 bits per heavy atom. The fourth-order valence-corrected chi connectivity index (χ4v) is 3.39. The van der Waals surface area contributed by atoms with Gasteiger partial charge in [0.05, 0.1) is 12.6 Å². The summed E-state index contributed by atoms with van der Waals surface area (Å²) in [5.74, 6) is 0.581. The summed E-state index contributed by atoms with van der Waals surface area (Å²) in [6.45, 7) is 2.29. The molecule has 0 bridgehead atoms. The molecule has 2 aromatic carbocycles. The van der Waals surface area contributed by atoms with E-state index in [0.29, 0.717) is 5.92 Å². The van der Waals surface area contributed by atoms with Gasteiger partial charge in [0.15, 0.2) is 0 Å². The van der Waals surface area contributed by atoms with Crippen LogP contribution in [0.3, 0.4) is 0 Å². The highest BCUT2D eigenvalue weighted by Gasteiger charge is 2.27. The fourth-order valence-electron chi connectivity index (χ4n) is 3.39. The highest BCUT2D eigenvalue weighted by Crippen LogP contribution is 2.31. The van der Waals surface area contributed by atoms with Gasteiger partial charge in [-0.25, -0.2) is 0 Å². The van der Waals surface area contributed by atoms with Gasteiger partial charge in [0.25, 0.3) is 0 Å². The molecule has 0 unspecified atom stereocenters. The van der Waals surface area contributed by atoms with Crippen LogP contribution in [0.1, 0.15) is 35.9 Å². The molecule has 21 heavy (non-hydrogen) atoms. The van der Waals surface area contributed by atoms with Gasteiger partial charge in [-0.05, 0) is 36.4 Å². The molecule has 2 heteroatoms. The highest BCUT2D eigenvalue weighted by atomic mass is 16.3. The molecule has 2 aromatic rings. The van der Waals surface area contributed by atoms with Crippen LogP contribution in [0.25, 0.3) is 0 Å². The Morgan fingerprint density at radius 3 is 2.33 bits per heavy atom. The van der Waals surface area contributed by atoms with E-state index in [-0.39, 0.29) is 12.6 Å². The van der Waals surface area contributed by atoms with Gasteiger partial charge < -0.3 is 5.11 Å². The van der Waals surface area contributed by atoms with Crippen molar-refractivity contribution in [3.63, 3.8) is 0 Å². The van der Waals surface area contributed by atoms with Crippen LogP contribution in [0.5, 0.6) is 0 Å². The Balaban J connectivity index is 1.76. The molecule has 1 aliphatic rings. The van der Waals surface area contributed by atoms with Crippen LogP contribution in [-0.4, -0.2) is 29.7 Å². The molecule has 1 N–H and O–H groups in total. The van der Waals surface area contributed by atoms with Gasteiger partial charge in [-0.2, -0.15) is 0 Å². The normalized spacial score (nSPS) is 21.1. The number of piperidine rings is 1. The van der Waals surface area contributed by atoms with Crippen molar-refractivity contribution >= 4 is 0 Å². The van der Waals surface area contributed by atoms with E-state index in [2.05, 4.69) is 59.5 Å². The summed E-state index contributed by atoms with van der Waals surface area (Å²) >= 11 is 0. The molecule has 0 amide bonds. The molecule has 0 saturated carbocycles. The molecule has 1 aliphatic heterocycles. The van der Waals surface area contributed by atoms with Gasteiger partial charge in [0.2, 0.25) is 0 Å². The minimum Gasteiger partial charge on any atom is -0.394 e. The number of hydrogen-bond donors (Lipinski definition) is 1.